The van der Waals surface area contributed by atoms with Gasteiger partial charge in [0.15, 0.2) is 28.5 Å². The van der Waals surface area contributed by atoms with Gasteiger partial charge in [0.05, 0.1) is 32.2 Å². The highest BCUT2D eigenvalue weighted by Crippen LogP contribution is 2.36. The number of halogens is 3. The summed E-state index contributed by atoms with van der Waals surface area (Å²) in [5.41, 5.74) is 0.982. The van der Waals surface area contributed by atoms with Gasteiger partial charge in [0.25, 0.3) is 0 Å². The summed E-state index contributed by atoms with van der Waals surface area (Å²) in [6, 6.07) is 13.7. The van der Waals surface area contributed by atoms with E-state index in [1.54, 1.807) is 42.5 Å². The summed E-state index contributed by atoms with van der Waals surface area (Å²) in [6.07, 6.45) is -4.65. The topological polar surface area (TPSA) is 53.0 Å². The maximum absolute atomic E-state index is 13.8. The molecule has 4 aromatic rings. The molecule has 4 rings (SSSR count). The van der Waals surface area contributed by atoms with E-state index in [-0.39, 0.29) is 11.3 Å². The second-order valence-electron chi connectivity index (χ2n) is 6.55. The first-order valence-electron chi connectivity index (χ1n) is 9.02. The van der Waals surface area contributed by atoms with Gasteiger partial charge in [-0.15, -0.1) is 0 Å². The van der Waals surface area contributed by atoms with Crippen molar-refractivity contribution in [3.05, 3.63) is 71.7 Å². The van der Waals surface area contributed by atoms with E-state index in [2.05, 4.69) is 14.9 Å². The number of aromatic nitrogens is 3. The zero-order valence-corrected chi connectivity index (χ0v) is 16.4. The third-order valence-corrected chi connectivity index (χ3v) is 4.69. The van der Waals surface area contributed by atoms with E-state index in [1.165, 1.54) is 20.3 Å². The molecule has 156 valence electrons. The zero-order valence-electron chi connectivity index (χ0n) is 16.4. The number of hydrogen-bond acceptors (Lipinski definition) is 4. The fraction of sp³-hybridized carbons (Fsp3) is 0.136. The molecule has 9 heteroatoms. The molecule has 0 aliphatic carbocycles. The van der Waals surface area contributed by atoms with Gasteiger partial charge in [0.2, 0.25) is 0 Å². The van der Waals surface area contributed by atoms with Crippen LogP contribution in [0.25, 0.3) is 33.0 Å². The SMILES string of the molecule is [C-]#[N+]c1ccc(-c2cc3nc(-c4ccc(OC)c(OC)c4)cc(C(F)(F)F)n3n2)cc1. The molecule has 0 aliphatic heterocycles. The van der Waals surface area contributed by atoms with E-state index in [9.17, 15) is 13.2 Å². The van der Waals surface area contributed by atoms with Gasteiger partial charge >= 0.3 is 6.18 Å². The highest BCUT2D eigenvalue weighted by atomic mass is 19.4. The molecule has 0 unspecified atom stereocenters. The average Bonchev–Trinajstić information content (AvgIpc) is 3.21. The molecule has 0 saturated carbocycles. The van der Waals surface area contributed by atoms with E-state index in [0.717, 1.165) is 10.6 Å². The molecule has 0 spiro atoms. The predicted octanol–water partition coefficient (Wildman–Crippen LogP) is 5.65. The minimum atomic E-state index is -4.65. The first-order chi connectivity index (χ1) is 14.8. The second-order valence-corrected chi connectivity index (χ2v) is 6.55. The van der Waals surface area contributed by atoms with Crippen molar-refractivity contribution in [3.63, 3.8) is 0 Å². The molecule has 2 aromatic carbocycles. The van der Waals surface area contributed by atoms with E-state index in [0.29, 0.717) is 34.0 Å². The van der Waals surface area contributed by atoms with Crippen LogP contribution in [-0.4, -0.2) is 28.8 Å². The Kier molecular flexibility index (Phi) is 4.99. The number of hydrogen-bond donors (Lipinski definition) is 0. The molecule has 2 heterocycles. The van der Waals surface area contributed by atoms with Gasteiger partial charge in [0, 0.05) is 11.6 Å². The maximum Gasteiger partial charge on any atom is 0.433 e. The number of benzene rings is 2. The van der Waals surface area contributed by atoms with Crippen LogP contribution in [-0.2, 0) is 6.18 Å². The van der Waals surface area contributed by atoms with Crippen LogP contribution in [0.1, 0.15) is 5.69 Å². The van der Waals surface area contributed by atoms with Gasteiger partial charge in [-0.3, -0.25) is 0 Å². The third kappa shape index (κ3) is 3.75. The Morgan fingerprint density at radius 2 is 1.55 bits per heavy atom. The predicted molar refractivity (Wildman–Crippen MR) is 108 cm³/mol. The van der Waals surface area contributed by atoms with Crippen LogP contribution in [0.15, 0.2) is 54.6 Å². The lowest BCUT2D eigenvalue weighted by molar-refractivity contribution is -0.142. The molecule has 0 amide bonds. The maximum atomic E-state index is 13.8. The lowest BCUT2D eigenvalue weighted by atomic mass is 10.1. The van der Waals surface area contributed by atoms with Crippen LogP contribution < -0.4 is 9.47 Å². The van der Waals surface area contributed by atoms with Gasteiger partial charge in [-0.05, 0) is 29.8 Å². The monoisotopic (exact) mass is 424 g/mol. The third-order valence-electron chi connectivity index (χ3n) is 4.69. The van der Waals surface area contributed by atoms with Gasteiger partial charge in [-0.2, -0.15) is 18.3 Å². The minimum absolute atomic E-state index is 0.0452. The van der Waals surface area contributed by atoms with Gasteiger partial charge in [-0.1, -0.05) is 24.3 Å². The first kappa shape index (κ1) is 20.2. The Labute approximate surface area is 175 Å². The molecule has 2 aromatic heterocycles. The molecular formula is C22H15F3N4O2. The summed E-state index contributed by atoms with van der Waals surface area (Å²) in [5.74, 6) is 0.835. The Bertz CT molecular complexity index is 1310. The highest BCUT2D eigenvalue weighted by molar-refractivity contribution is 5.70. The normalized spacial score (nSPS) is 11.4. The summed E-state index contributed by atoms with van der Waals surface area (Å²) >= 11 is 0. The Hall–Kier alpha value is -4.06. The summed E-state index contributed by atoms with van der Waals surface area (Å²) in [4.78, 5) is 7.70. The molecule has 0 N–H and O–H groups in total. The zero-order chi connectivity index (χ0) is 22.2. The van der Waals surface area contributed by atoms with E-state index < -0.39 is 11.9 Å². The molecule has 0 atom stereocenters. The van der Waals surface area contributed by atoms with Crippen molar-refractivity contribution in [2.24, 2.45) is 0 Å². The van der Waals surface area contributed by atoms with Crippen LogP contribution in [0.3, 0.4) is 0 Å². The number of rotatable bonds is 4. The first-order valence-corrected chi connectivity index (χ1v) is 9.02. The van der Waals surface area contributed by atoms with Crippen molar-refractivity contribution in [1.29, 1.82) is 0 Å². The lowest BCUT2D eigenvalue weighted by Crippen LogP contribution is -2.13. The molecule has 31 heavy (non-hydrogen) atoms. The van der Waals surface area contributed by atoms with Crippen LogP contribution in [0.4, 0.5) is 18.9 Å². The van der Waals surface area contributed by atoms with E-state index >= 15 is 0 Å². The molecule has 0 bridgehead atoms. The van der Waals surface area contributed by atoms with Gasteiger partial charge in [-0.25, -0.2) is 14.3 Å². The smallest absolute Gasteiger partial charge is 0.433 e. The van der Waals surface area contributed by atoms with E-state index in [4.69, 9.17) is 16.0 Å². The quantitative estimate of drug-likeness (QED) is 0.397. The van der Waals surface area contributed by atoms with Crippen molar-refractivity contribution in [1.82, 2.24) is 14.6 Å². The molecule has 0 saturated heterocycles. The van der Waals surface area contributed by atoms with Crippen molar-refractivity contribution < 1.29 is 22.6 Å². The minimum Gasteiger partial charge on any atom is -0.493 e. The summed E-state index contributed by atoms with van der Waals surface area (Å²) < 4.78 is 52.7. The Balaban J connectivity index is 1.89. The molecule has 0 aliphatic rings. The fourth-order valence-corrected chi connectivity index (χ4v) is 3.17. The Morgan fingerprint density at radius 3 is 2.16 bits per heavy atom. The lowest BCUT2D eigenvalue weighted by Gasteiger charge is -2.12. The number of ether oxygens (including phenoxy) is 2. The van der Waals surface area contributed by atoms with Crippen molar-refractivity contribution in [2.75, 3.05) is 14.2 Å². The number of nitrogens with zero attached hydrogens (tertiary/aromatic N) is 4. The molecule has 6 nitrogen and oxygen atoms in total. The van der Waals surface area contributed by atoms with Crippen LogP contribution >= 0.6 is 0 Å². The van der Waals surface area contributed by atoms with Crippen molar-refractivity contribution >= 4 is 11.3 Å². The average molecular weight is 424 g/mol. The Morgan fingerprint density at radius 1 is 0.871 bits per heavy atom. The standard InChI is InChI=1S/C22H15F3N4O2/c1-26-15-7-4-13(5-8-15)17-12-21-27-16(11-20(22(23,24)25)29(21)28-17)14-6-9-18(30-2)19(10-14)31-3/h4-12H,2-3H3. The van der Waals surface area contributed by atoms with Crippen LogP contribution in [0.5, 0.6) is 11.5 Å². The number of methoxy groups -OCH3 is 2. The second kappa shape index (κ2) is 7.65. The largest absolute Gasteiger partial charge is 0.493 e. The van der Waals surface area contributed by atoms with Crippen LogP contribution in [0.2, 0.25) is 0 Å². The van der Waals surface area contributed by atoms with Crippen molar-refractivity contribution in [2.45, 2.75) is 6.18 Å². The van der Waals surface area contributed by atoms with E-state index in [1.807, 2.05) is 0 Å². The molecule has 0 radical (unpaired) electrons. The number of alkyl halides is 3. The fourth-order valence-electron chi connectivity index (χ4n) is 3.17. The molecule has 0 fully saturated rings. The highest BCUT2D eigenvalue weighted by Gasteiger charge is 2.35. The summed E-state index contributed by atoms with van der Waals surface area (Å²) in [5, 5.41) is 4.11. The van der Waals surface area contributed by atoms with Gasteiger partial charge < -0.3 is 9.47 Å². The van der Waals surface area contributed by atoms with Gasteiger partial charge in [0.1, 0.15) is 0 Å². The van der Waals surface area contributed by atoms with Crippen LogP contribution in [0, 0.1) is 6.57 Å². The van der Waals surface area contributed by atoms with Crippen molar-refractivity contribution in [3.8, 4) is 34.0 Å². The number of fused-ring (bicyclic) bond motifs is 1. The molecular weight excluding hydrogens is 409 g/mol. The summed E-state index contributed by atoms with van der Waals surface area (Å²) in [6.45, 7) is 7.02. The summed E-state index contributed by atoms with van der Waals surface area (Å²) in [7, 11) is 2.92.